The van der Waals surface area contributed by atoms with Crippen LogP contribution in [0.25, 0.3) is 0 Å². The third-order valence-corrected chi connectivity index (χ3v) is 4.11. The first-order valence-electron chi connectivity index (χ1n) is 7.40. The molecule has 0 bridgehead atoms. The summed E-state index contributed by atoms with van der Waals surface area (Å²) in [5.74, 6) is 0.883. The molecule has 0 spiro atoms. The molecule has 1 atom stereocenters. The number of aliphatic imine (C=N–C) groups is 1. The lowest BCUT2D eigenvalue weighted by molar-refractivity contribution is 0.309. The third kappa shape index (κ3) is 3.97. The van der Waals surface area contributed by atoms with Crippen LogP contribution in [0.2, 0.25) is 0 Å². The Morgan fingerprint density at radius 2 is 2.15 bits per heavy atom. The van der Waals surface area contributed by atoms with E-state index in [0.29, 0.717) is 6.04 Å². The molecule has 1 aliphatic heterocycles. The molecule has 1 aromatic rings. The zero-order chi connectivity index (χ0) is 14.4. The van der Waals surface area contributed by atoms with E-state index in [1.54, 1.807) is 0 Å². The summed E-state index contributed by atoms with van der Waals surface area (Å²) in [4.78, 5) is 6.71. The zero-order valence-corrected chi connectivity index (χ0v) is 12.8. The summed E-state index contributed by atoms with van der Waals surface area (Å²) in [5.41, 5.74) is 2.62. The number of nitrogens with one attached hydrogen (secondary N) is 2. The molecule has 1 aromatic carbocycles. The highest BCUT2D eigenvalue weighted by molar-refractivity contribution is 5.79. The Bertz CT molecular complexity index is 456. The molecule has 2 rings (SSSR count). The lowest BCUT2D eigenvalue weighted by atomic mass is 10.1. The Morgan fingerprint density at radius 1 is 1.35 bits per heavy atom. The van der Waals surface area contributed by atoms with Crippen molar-refractivity contribution in [2.24, 2.45) is 4.99 Å². The molecule has 0 aromatic heterocycles. The number of benzene rings is 1. The van der Waals surface area contributed by atoms with E-state index in [0.717, 1.165) is 19.0 Å². The van der Waals surface area contributed by atoms with E-state index < -0.39 is 0 Å². The van der Waals surface area contributed by atoms with E-state index in [4.69, 9.17) is 0 Å². The van der Waals surface area contributed by atoms with Gasteiger partial charge in [0.2, 0.25) is 0 Å². The van der Waals surface area contributed by atoms with Crippen molar-refractivity contribution in [3.63, 3.8) is 0 Å². The van der Waals surface area contributed by atoms with Crippen molar-refractivity contribution in [3.05, 3.63) is 35.4 Å². The van der Waals surface area contributed by atoms with Gasteiger partial charge >= 0.3 is 0 Å². The highest BCUT2D eigenvalue weighted by Crippen LogP contribution is 2.13. The van der Waals surface area contributed by atoms with Gasteiger partial charge in [-0.05, 0) is 44.5 Å². The zero-order valence-electron chi connectivity index (χ0n) is 12.8. The van der Waals surface area contributed by atoms with Gasteiger partial charge in [-0.1, -0.05) is 24.3 Å². The quantitative estimate of drug-likeness (QED) is 0.649. The first-order chi connectivity index (χ1) is 9.70. The van der Waals surface area contributed by atoms with Crippen molar-refractivity contribution >= 4 is 5.96 Å². The number of guanidine groups is 1. The Hall–Kier alpha value is -1.55. The molecule has 1 fully saturated rings. The minimum atomic E-state index is 0.631. The monoisotopic (exact) mass is 274 g/mol. The predicted octanol–water partition coefficient (Wildman–Crippen LogP) is 1.75. The highest BCUT2D eigenvalue weighted by atomic mass is 15.2. The minimum Gasteiger partial charge on any atom is -0.355 e. The second-order valence-electron chi connectivity index (χ2n) is 5.51. The van der Waals surface area contributed by atoms with Crippen molar-refractivity contribution in [1.82, 2.24) is 15.5 Å². The van der Waals surface area contributed by atoms with Crippen LogP contribution < -0.4 is 10.6 Å². The first-order valence-corrected chi connectivity index (χ1v) is 7.40. The Kier molecular flexibility index (Phi) is 5.41. The fourth-order valence-electron chi connectivity index (χ4n) is 2.66. The number of nitrogens with zero attached hydrogens (tertiary/aromatic N) is 2. The van der Waals surface area contributed by atoms with Crippen LogP contribution in [0.1, 0.15) is 24.0 Å². The summed E-state index contributed by atoms with van der Waals surface area (Å²) in [6, 6.07) is 9.07. The smallest absolute Gasteiger partial charge is 0.191 e. The van der Waals surface area contributed by atoms with Crippen LogP contribution in [0.3, 0.4) is 0 Å². The number of hydrogen-bond donors (Lipinski definition) is 2. The van der Waals surface area contributed by atoms with Gasteiger partial charge in [-0.15, -0.1) is 0 Å². The van der Waals surface area contributed by atoms with Crippen molar-refractivity contribution in [2.75, 3.05) is 27.2 Å². The summed E-state index contributed by atoms with van der Waals surface area (Å²) >= 11 is 0. The molecular weight excluding hydrogens is 248 g/mol. The van der Waals surface area contributed by atoms with Crippen molar-refractivity contribution < 1.29 is 0 Å². The predicted molar refractivity (Wildman–Crippen MR) is 85.0 cm³/mol. The molecule has 2 N–H and O–H groups in total. The van der Waals surface area contributed by atoms with Crippen LogP contribution in [0.4, 0.5) is 0 Å². The maximum Gasteiger partial charge on any atom is 0.191 e. The molecule has 0 saturated carbocycles. The van der Waals surface area contributed by atoms with Gasteiger partial charge in [0.1, 0.15) is 0 Å². The maximum atomic E-state index is 4.29. The van der Waals surface area contributed by atoms with Crippen LogP contribution in [-0.4, -0.2) is 44.1 Å². The number of aryl methyl sites for hydroxylation is 1. The Balaban J connectivity index is 1.80. The normalized spacial score (nSPS) is 20.1. The molecule has 0 radical (unpaired) electrons. The molecule has 4 nitrogen and oxygen atoms in total. The summed E-state index contributed by atoms with van der Waals surface area (Å²) in [6.45, 7) is 5.12. The van der Waals surface area contributed by atoms with Gasteiger partial charge in [0.15, 0.2) is 5.96 Å². The molecule has 1 heterocycles. The van der Waals surface area contributed by atoms with Crippen molar-refractivity contribution in [3.8, 4) is 0 Å². The molecule has 110 valence electrons. The fourth-order valence-corrected chi connectivity index (χ4v) is 2.66. The van der Waals surface area contributed by atoms with Gasteiger partial charge in [-0.2, -0.15) is 0 Å². The molecule has 20 heavy (non-hydrogen) atoms. The van der Waals surface area contributed by atoms with Crippen molar-refractivity contribution in [2.45, 2.75) is 32.4 Å². The van der Waals surface area contributed by atoms with Gasteiger partial charge in [-0.3, -0.25) is 4.99 Å². The molecule has 1 aliphatic rings. The van der Waals surface area contributed by atoms with Gasteiger partial charge in [0.05, 0.1) is 0 Å². The second kappa shape index (κ2) is 7.29. The second-order valence-corrected chi connectivity index (χ2v) is 5.51. The van der Waals surface area contributed by atoms with Crippen LogP contribution in [-0.2, 0) is 6.54 Å². The lowest BCUT2D eigenvalue weighted by Crippen LogP contribution is -2.43. The lowest BCUT2D eigenvalue weighted by Gasteiger charge is -2.21. The summed E-state index contributed by atoms with van der Waals surface area (Å²) < 4.78 is 0. The number of hydrogen-bond acceptors (Lipinski definition) is 2. The van der Waals surface area contributed by atoms with Crippen LogP contribution in [0, 0.1) is 6.92 Å². The molecule has 1 saturated heterocycles. The molecule has 0 aliphatic carbocycles. The highest BCUT2D eigenvalue weighted by Gasteiger charge is 2.20. The van der Waals surface area contributed by atoms with E-state index in [9.17, 15) is 0 Å². The largest absolute Gasteiger partial charge is 0.355 e. The van der Waals surface area contributed by atoms with Gasteiger partial charge in [0.25, 0.3) is 0 Å². The molecular formula is C16H26N4. The Labute approximate surface area is 122 Å². The van der Waals surface area contributed by atoms with Crippen LogP contribution >= 0.6 is 0 Å². The van der Waals surface area contributed by atoms with Gasteiger partial charge in [0, 0.05) is 26.2 Å². The first kappa shape index (κ1) is 14.9. The number of likely N-dealkylation sites (tertiary alicyclic amines) is 1. The molecule has 4 heteroatoms. The third-order valence-electron chi connectivity index (χ3n) is 4.11. The number of likely N-dealkylation sites (N-methyl/N-ethyl adjacent to an activating group) is 1. The standard InChI is InChI=1S/C16H26N4/c1-13-7-4-5-8-14(13)11-18-16(17-2)19-12-15-9-6-10-20(15)3/h4-5,7-8,15H,6,9-12H2,1-3H3,(H2,17,18,19). The average Bonchev–Trinajstić information content (AvgIpc) is 2.86. The van der Waals surface area contributed by atoms with E-state index in [1.807, 2.05) is 7.05 Å². The summed E-state index contributed by atoms with van der Waals surface area (Å²) in [6.07, 6.45) is 2.58. The van der Waals surface area contributed by atoms with Crippen LogP contribution in [0.5, 0.6) is 0 Å². The van der Waals surface area contributed by atoms with E-state index in [1.165, 1.54) is 30.5 Å². The Morgan fingerprint density at radius 3 is 2.80 bits per heavy atom. The van der Waals surface area contributed by atoms with Crippen LogP contribution in [0.15, 0.2) is 29.3 Å². The van der Waals surface area contributed by atoms with E-state index >= 15 is 0 Å². The summed E-state index contributed by atoms with van der Waals surface area (Å²) in [7, 11) is 4.02. The van der Waals surface area contributed by atoms with Crippen molar-refractivity contribution in [1.29, 1.82) is 0 Å². The molecule has 0 amide bonds. The number of rotatable bonds is 4. The van der Waals surface area contributed by atoms with E-state index in [2.05, 4.69) is 58.8 Å². The fraction of sp³-hybridized carbons (Fsp3) is 0.562. The minimum absolute atomic E-state index is 0.631. The summed E-state index contributed by atoms with van der Waals surface area (Å²) in [5, 5.41) is 6.81. The SMILES string of the molecule is CN=C(NCc1ccccc1C)NCC1CCCN1C. The van der Waals surface area contributed by atoms with E-state index in [-0.39, 0.29) is 0 Å². The average molecular weight is 274 g/mol. The topological polar surface area (TPSA) is 39.7 Å². The van der Waals surface area contributed by atoms with Gasteiger partial charge < -0.3 is 15.5 Å². The van der Waals surface area contributed by atoms with Gasteiger partial charge in [-0.25, -0.2) is 0 Å². The molecule has 1 unspecified atom stereocenters. The maximum absolute atomic E-state index is 4.29.